The number of H-pyrrole nitrogens is 1. The van der Waals surface area contributed by atoms with Gasteiger partial charge in [-0.3, -0.25) is 4.79 Å². The van der Waals surface area contributed by atoms with Crippen molar-refractivity contribution in [2.75, 3.05) is 31.6 Å². The van der Waals surface area contributed by atoms with E-state index in [4.69, 9.17) is 4.74 Å². The number of halogens is 5. The van der Waals surface area contributed by atoms with E-state index < -0.39 is 54.7 Å². The molecular formula is C26H27F5N6O2. The van der Waals surface area contributed by atoms with E-state index in [0.29, 0.717) is 17.2 Å². The zero-order valence-electron chi connectivity index (χ0n) is 20.8. The minimum absolute atomic E-state index is 0.0356. The number of alkyl halides is 4. The van der Waals surface area contributed by atoms with Gasteiger partial charge >= 0.3 is 0 Å². The van der Waals surface area contributed by atoms with E-state index in [1.807, 2.05) is 0 Å². The zero-order chi connectivity index (χ0) is 27.3. The largest absolute Gasteiger partial charge is 0.380 e. The molecule has 2 N–H and O–H groups in total. The van der Waals surface area contributed by atoms with Gasteiger partial charge in [0.2, 0.25) is 5.91 Å². The first-order valence-corrected chi connectivity index (χ1v) is 13.0. The van der Waals surface area contributed by atoms with Gasteiger partial charge in [-0.15, -0.1) is 10.2 Å². The molecule has 0 bridgehead atoms. The number of imidazole rings is 1. The van der Waals surface area contributed by atoms with Crippen LogP contribution in [0.3, 0.4) is 0 Å². The van der Waals surface area contributed by atoms with Crippen molar-refractivity contribution in [3.63, 3.8) is 0 Å². The maximum atomic E-state index is 15.9. The number of hydrogen-bond acceptors (Lipinski definition) is 6. The summed E-state index contributed by atoms with van der Waals surface area (Å²) in [5.74, 6) is -4.38. The topological polar surface area (TPSA) is 96.0 Å². The molecule has 208 valence electrons. The maximum absolute atomic E-state index is 15.9. The van der Waals surface area contributed by atoms with Gasteiger partial charge in [0.15, 0.2) is 5.82 Å². The van der Waals surface area contributed by atoms with E-state index in [1.54, 1.807) is 12.1 Å². The molecule has 1 saturated carbocycles. The van der Waals surface area contributed by atoms with Crippen molar-refractivity contribution in [3.8, 4) is 0 Å². The number of benzene rings is 1. The minimum atomic E-state index is -2.89. The Morgan fingerprint density at radius 2 is 1.87 bits per heavy atom. The molecule has 3 aromatic rings. The molecule has 8 nitrogen and oxygen atoms in total. The fourth-order valence-electron chi connectivity index (χ4n) is 5.91. The average molecular weight is 551 g/mol. The molecule has 3 atom stereocenters. The second-order valence-corrected chi connectivity index (χ2v) is 10.6. The third-order valence-electron chi connectivity index (χ3n) is 7.97. The van der Waals surface area contributed by atoms with E-state index in [-0.39, 0.29) is 36.3 Å². The lowest BCUT2D eigenvalue weighted by atomic mass is 9.86. The summed E-state index contributed by atoms with van der Waals surface area (Å²) in [4.78, 5) is 21.7. The Bertz CT molecular complexity index is 1350. The van der Waals surface area contributed by atoms with Crippen molar-refractivity contribution in [1.29, 1.82) is 0 Å². The summed E-state index contributed by atoms with van der Waals surface area (Å²) in [6.45, 7) is -1.14. The van der Waals surface area contributed by atoms with E-state index in [0.717, 1.165) is 30.6 Å². The smallest absolute Gasteiger partial charge is 0.282 e. The van der Waals surface area contributed by atoms with Gasteiger partial charge in [-0.25, -0.2) is 26.9 Å². The number of anilines is 1. The molecule has 2 aliphatic heterocycles. The number of likely N-dealkylation sites (tertiary alicyclic amines) is 1. The second kappa shape index (κ2) is 10.00. The Morgan fingerprint density at radius 1 is 1.10 bits per heavy atom. The molecule has 3 aliphatic rings. The number of aromatic nitrogens is 4. The maximum Gasteiger partial charge on any atom is 0.282 e. The fourth-order valence-corrected chi connectivity index (χ4v) is 5.91. The van der Waals surface area contributed by atoms with Gasteiger partial charge in [0.1, 0.15) is 22.9 Å². The molecule has 0 radical (unpaired) electrons. The van der Waals surface area contributed by atoms with Crippen molar-refractivity contribution in [3.05, 3.63) is 47.2 Å². The minimum Gasteiger partial charge on any atom is -0.380 e. The van der Waals surface area contributed by atoms with Crippen LogP contribution < -0.4 is 5.32 Å². The summed E-state index contributed by atoms with van der Waals surface area (Å²) in [5, 5.41) is 10.7. The van der Waals surface area contributed by atoms with Crippen LogP contribution in [-0.2, 0) is 9.53 Å². The van der Waals surface area contributed by atoms with Crippen molar-refractivity contribution < 1.29 is 31.5 Å². The van der Waals surface area contributed by atoms with Crippen molar-refractivity contribution in [1.82, 2.24) is 25.1 Å². The predicted octanol–water partition coefficient (Wildman–Crippen LogP) is 4.98. The van der Waals surface area contributed by atoms with Crippen LogP contribution in [-0.4, -0.2) is 63.2 Å². The normalized spacial score (nSPS) is 23.9. The predicted molar refractivity (Wildman–Crippen MR) is 130 cm³/mol. The van der Waals surface area contributed by atoms with E-state index in [2.05, 4.69) is 25.5 Å². The number of fused-ring (bicyclic) bond motifs is 1. The standard InChI is InChI=1S/C26H27F5N6O2/c27-20-14(15-9-39-10-16(15)25(38)37-11-26(30,31)12-37)5-6-17-22(20)34-24(32-17)21(13-3-1-2-4-13)33-19-8-7-18(23(28)29)35-36-19/h5-8,13,15-16,21,23H,1-4,9-12H2,(H,32,34)(H,33,36)/t15?,16?,21-/m0/s1. The Balaban J connectivity index is 1.28. The van der Waals surface area contributed by atoms with E-state index >= 15 is 4.39 Å². The summed E-state index contributed by atoms with van der Waals surface area (Å²) in [6, 6.07) is 5.52. The molecule has 2 aromatic heterocycles. The summed E-state index contributed by atoms with van der Waals surface area (Å²) in [7, 11) is 0. The lowest BCUT2D eigenvalue weighted by Crippen LogP contribution is -2.60. The molecule has 1 aliphatic carbocycles. The van der Waals surface area contributed by atoms with Crippen LogP contribution in [0, 0.1) is 17.7 Å². The van der Waals surface area contributed by atoms with E-state index in [9.17, 15) is 22.4 Å². The molecular weight excluding hydrogens is 523 g/mol. The van der Waals surface area contributed by atoms with Gasteiger partial charge in [-0.1, -0.05) is 18.9 Å². The average Bonchev–Trinajstić information content (AvgIpc) is 3.67. The monoisotopic (exact) mass is 550 g/mol. The number of carbonyl (C=O) groups is 1. The highest BCUT2D eigenvalue weighted by Crippen LogP contribution is 2.40. The Hall–Kier alpha value is -3.35. The molecule has 0 spiro atoms. The first kappa shape index (κ1) is 25.9. The van der Waals surface area contributed by atoms with Gasteiger partial charge in [-0.2, -0.15) is 0 Å². The first-order valence-electron chi connectivity index (χ1n) is 13.0. The van der Waals surface area contributed by atoms with Gasteiger partial charge in [-0.05, 0) is 42.5 Å². The Morgan fingerprint density at radius 3 is 2.54 bits per heavy atom. The molecule has 1 amide bonds. The van der Waals surface area contributed by atoms with Crippen LogP contribution in [0.5, 0.6) is 0 Å². The fraction of sp³-hybridized carbons (Fsp3) is 0.538. The van der Waals surface area contributed by atoms with E-state index in [1.165, 1.54) is 12.1 Å². The van der Waals surface area contributed by atoms with Crippen LogP contribution in [0.15, 0.2) is 24.3 Å². The van der Waals surface area contributed by atoms with Gasteiger partial charge in [0.05, 0.1) is 43.8 Å². The molecule has 4 heterocycles. The van der Waals surface area contributed by atoms with Crippen molar-refractivity contribution in [2.24, 2.45) is 11.8 Å². The van der Waals surface area contributed by atoms with Crippen LogP contribution >= 0.6 is 0 Å². The number of amides is 1. The number of aromatic amines is 1. The van der Waals surface area contributed by atoms with Crippen molar-refractivity contribution >= 4 is 22.8 Å². The van der Waals surface area contributed by atoms with Crippen LogP contribution in [0.4, 0.5) is 27.8 Å². The summed E-state index contributed by atoms with van der Waals surface area (Å²) in [5.41, 5.74) is 0.383. The summed E-state index contributed by atoms with van der Waals surface area (Å²) < 4.78 is 73.8. The van der Waals surface area contributed by atoms with Gasteiger partial charge in [0.25, 0.3) is 12.3 Å². The van der Waals surface area contributed by atoms with Gasteiger partial charge < -0.3 is 19.9 Å². The SMILES string of the molecule is O=C(C1COCC1c1ccc2[nH]c([C@@H](Nc3ccc(C(F)F)nn3)C3CCCC3)nc2c1F)N1CC(F)(F)C1. The highest BCUT2D eigenvalue weighted by atomic mass is 19.3. The molecule has 2 unspecified atom stereocenters. The summed E-state index contributed by atoms with van der Waals surface area (Å²) in [6.07, 6.45) is 1.14. The molecule has 39 heavy (non-hydrogen) atoms. The first-order chi connectivity index (χ1) is 18.7. The number of nitrogens with one attached hydrogen (secondary N) is 2. The van der Waals surface area contributed by atoms with Crippen LogP contribution in [0.1, 0.15) is 61.2 Å². The third-order valence-corrected chi connectivity index (χ3v) is 7.97. The molecule has 1 aromatic carbocycles. The number of ether oxygens (including phenoxy) is 1. The molecule has 3 fully saturated rings. The van der Waals surface area contributed by atoms with Crippen molar-refractivity contribution in [2.45, 2.75) is 50.0 Å². The Kier molecular flexibility index (Phi) is 6.64. The second-order valence-electron chi connectivity index (χ2n) is 10.6. The lowest BCUT2D eigenvalue weighted by Gasteiger charge is -2.40. The lowest BCUT2D eigenvalue weighted by molar-refractivity contribution is -0.169. The highest BCUT2D eigenvalue weighted by molar-refractivity contribution is 5.82. The van der Waals surface area contributed by atoms with Crippen LogP contribution in [0.2, 0.25) is 0 Å². The Labute approximate surface area is 220 Å². The molecule has 6 rings (SSSR count). The third kappa shape index (κ3) is 4.92. The summed E-state index contributed by atoms with van der Waals surface area (Å²) >= 11 is 0. The number of hydrogen-bond donors (Lipinski definition) is 2. The zero-order valence-corrected chi connectivity index (χ0v) is 20.8. The molecule has 13 heteroatoms. The number of carbonyl (C=O) groups excluding carboxylic acids is 1. The molecule has 2 saturated heterocycles. The van der Waals surface area contributed by atoms with Gasteiger partial charge in [0, 0.05) is 5.92 Å². The number of nitrogens with zero attached hydrogens (tertiary/aromatic N) is 4. The van der Waals surface area contributed by atoms with Crippen LogP contribution in [0.25, 0.3) is 11.0 Å². The number of rotatable bonds is 7. The quantitative estimate of drug-likeness (QED) is 0.403. The highest BCUT2D eigenvalue weighted by Gasteiger charge is 2.50.